The zero-order valence-electron chi connectivity index (χ0n) is 12.5. The van der Waals surface area contributed by atoms with Crippen LogP contribution in [-0.4, -0.2) is 17.1 Å². The summed E-state index contributed by atoms with van der Waals surface area (Å²) >= 11 is 9.73. The van der Waals surface area contributed by atoms with Crippen LogP contribution in [0, 0.1) is 0 Å². The largest absolute Gasteiger partial charge is 0.370 e. The molecule has 1 aromatic heterocycles. The van der Waals surface area contributed by atoms with Crippen molar-refractivity contribution in [1.82, 2.24) is 9.97 Å². The third kappa shape index (κ3) is 3.29. The Balaban J connectivity index is 3.51. The van der Waals surface area contributed by atoms with Crippen molar-refractivity contribution >= 4 is 27.5 Å². The molecule has 0 N–H and O–H groups in total. The summed E-state index contributed by atoms with van der Waals surface area (Å²) in [6.07, 6.45) is 1.61. The van der Waals surface area contributed by atoms with Crippen molar-refractivity contribution < 1.29 is 4.74 Å². The Kier molecular flexibility index (Phi) is 5.38. The van der Waals surface area contributed by atoms with Gasteiger partial charge in [-0.1, -0.05) is 46.2 Å². The molecule has 0 unspecified atom stereocenters. The predicted molar refractivity (Wildman–Crippen MR) is 82.7 cm³/mol. The molecule has 0 aliphatic heterocycles. The van der Waals surface area contributed by atoms with Gasteiger partial charge in [-0.2, -0.15) is 0 Å². The molecular weight excluding hydrogens is 328 g/mol. The van der Waals surface area contributed by atoms with Crippen molar-refractivity contribution in [3.63, 3.8) is 0 Å². The van der Waals surface area contributed by atoms with Gasteiger partial charge in [-0.3, -0.25) is 0 Å². The minimum Gasteiger partial charge on any atom is -0.370 e. The molecule has 0 fully saturated rings. The van der Waals surface area contributed by atoms with Crippen LogP contribution in [0.3, 0.4) is 0 Å². The maximum Gasteiger partial charge on any atom is 0.162 e. The quantitative estimate of drug-likeness (QED) is 0.729. The van der Waals surface area contributed by atoms with Crippen LogP contribution < -0.4 is 0 Å². The molecule has 1 heterocycles. The second kappa shape index (κ2) is 6.06. The lowest BCUT2D eigenvalue weighted by Gasteiger charge is -2.30. The number of aromatic nitrogens is 2. The van der Waals surface area contributed by atoms with E-state index in [0.717, 1.165) is 23.0 Å². The first kappa shape index (κ1) is 16.9. The van der Waals surface area contributed by atoms with Gasteiger partial charge in [-0.15, -0.1) is 0 Å². The summed E-state index contributed by atoms with van der Waals surface area (Å²) in [6, 6.07) is 0. The Labute approximate surface area is 129 Å². The lowest BCUT2D eigenvalue weighted by Crippen LogP contribution is -2.31. The molecule has 0 saturated heterocycles. The van der Waals surface area contributed by atoms with Crippen LogP contribution in [0.2, 0.25) is 5.15 Å². The van der Waals surface area contributed by atoms with E-state index in [1.54, 1.807) is 7.11 Å². The van der Waals surface area contributed by atoms with Crippen molar-refractivity contribution in [3.8, 4) is 0 Å². The number of halogens is 2. The van der Waals surface area contributed by atoms with E-state index in [1.165, 1.54) is 0 Å². The molecule has 0 aliphatic rings. The fourth-order valence-electron chi connectivity index (χ4n) is 2.07. The van der Waals surface area contributed by atoms with E-state index in [0.29, 0.717) is 11.0 Å². The number of rotatable bonds is 4. The highest BCUT2D eigenvalue weighted by atomic mass is 79.9. The van der Waals surface area contributed by atoms with Gasteiger partial charge >= 0.3 is 0 Å². The van der Waals surface area contributed by atoms with E-state index >= 15 is 0 Å². The number of hydrogen-bond acceptors (Lipinski definition) is 3. The van der Waals surface area contributed by atoms with Crippen molar-refractivity contribution in [3.05, 3.63) is 21.1 Å². The molecule has 19 heavy (non-hydrogen) atoms. The van der Waals surface area contributed by atoms with Crippen LogP contribution in [-0.2, 0) is 15.8 Å². The van der Waals surface area contributed by atoms with Crippen molar-refractivity contribution in [2.24, 2.45) is 0 Å². The van der Waals surface area contributed by atoms with Crippen LogP contribution >= 0.6 is 27.5 Å². The van der Waals surface area contributed by atoms with E-state index < -0.39 is 5.60 Å². The molecule has 0 amide bonds. The summed E-state index contributed by atoms with van der Waals surface area (Å²) in [4.78, 5) is 9.14. The number of hydrogen-bond donors (Lipinski definition) is 0. The monoisotopic (exact) mass is 348 g/mol. The summed E-state index contributed by atoms with van der Waals surface area (Å²) < 4.78 is 6.45. The average molecular weight is 350 g/mol. The molecule has 0 aliphatic carbocycles. The zero-order chi connectivity index (χ0) is 14.8. The van der Waals surface area contributed by atoms with Crippen LogP contribution in [0.25, 0.3) is 0 Å². The van der Waals surface area contributed by atoms with Crippen LogP contribution in [0.5, 0.6) is 0 Å². The summed E-state index contributed by atoms with van der Waals surface area (Å²) in [5.74, 6) is 0.665. The van der Waals surface area contributed by atoms with Gasteiger partial charge in [-0.05, 0) is 28.8 Å². The van der Waals surface area contributed by atoms with E-state index in [4.69, 9.17) is 21.3 Å². The lowest BCUT2D eigenvalue weighted by molar-refractivity contribution is -0.0294. The van der Waals surface area contributed by atoms with Crippen molar-refractivity contribution in [2.75, 3.05) is 7.11 Å². The molecule has 0 spiro atoms. The molecular formula is C14H22BrClN2O. The molecule has 0 radical (unpaired) electrons. The molecule has 5 heteroatoms. The minimum atomic E-state index is -0.468. The van der Waals surface area contributed by atoms with Gasteiger partial charge in [0.1, 0.15) is 10.8 Å². The van der Waals surface area contributed by atoms with Gasteiger partial charge in [0.2, 0.25) is 0 Å². The van der Waals surface area contributed by atoms with Gasteiger partial charge < -0.3 is 4.74 Å². The fourth-order valence-corrected chi connectivity index (χ4v) is 3.01. The molecule has 1 aromatic rings. The molecule has 1 rings (SSSR count). The Morgan fingerprint density at radius 3 is 2.05 bits per heavy atom. The van der Waals surface area contributed by atoms with Crippen LogP contribution in [0.1, 0.15) is 59.0 Å². The highest BCUT2D eigenvalue weighted by Crippen LogP contribution is 2.37. The number of ether oxygens (including phenoxy) is 1. The van der Waals surface area contributed by atoms with Gasteiger partial charge in [0, 0.05) is 12.5 Å². The summed E-state index contributed by atoms with van der Waals surface area (Å²) in [5.41, 5.74) is 0.330. The molecule has 3 nitrogen and oxygen atoms in total. The Bertz CT molecular complexity index is 445. The third-order valence-corrected chi connectivity index (χ3v) is 4.71. The van der Waals surface area contributed by atoms with Gasteiger partial charge in [0.05, 0.1) is 10.2 Å². The Hall–Kier alpha value is -0.190. The SMILES string of the molecule is CCC(CC)(OC)c1nc(Cl)c(Br)c(C(C)(C)C)n1. The van der Waals surface area contributed by atoms with E-state index in [1.807, 2.05) is 0 Å². The van der Waals surface area contributed by atoms with Gasteiger partial charge in [0.15, 0.2) is 5.82 Å². The number of methoxy groups -OCH3 is 1. The molecule has 0 bridgehead atoms. The van der Waals surface area contributed by atoms with E-state index in [2.05, 4.69) is 55.5 Å². The van der Waals surface area contributed by atoms with Crippen LogP contribution in [0.15, 0.2) is 4.47 Å². The highest BCUT2D eigenvalue weighted by Gasteiger charge is 2.34. The Morgan fingerprint density at radius 1 is 1.16 bits per heavy atom. The second-order valence-corrected chi connectivity index (χ2v) is 6.81. The molecule has 0 aromatic carbocycles. The first-order chi connectivity index (χ1) is 8.71. The first-order valence-electron chi connectivity index (χ1n) is 6.51. The topological polar surface area (TPSA) is 35.0 Å². The van der Waals surface area contributed by atoms with Gasteiger partial charge in [0.25, 0.3) is 0 Å². The highest BCUT2D eigenvalue weighted by molar-refractivity contribution is 9.10. The molecule has 0 atom stereocenters. The normalized spacial score (nSPS) is 12.8. The molecule has 0 saturated carbocycles. The summed E-state index contributed by atoms with van der Waals surface area (Å²) in [7, 11) is 1.70. The first-order valence-corrected chi connectivity index (χ1v) is 7.68. The van der Waals surface area contributed by atoms with E-state index in [-0.39, 0.29) is 5.41 Å². The van der Waals surface area contributed by atoms with Crippen LogP contribution in [0.4, 0.5) is 0 Å². The Morgan fingerprint density at radius 2 is 1.68 bits per heavy atom. The second-order valence-electron chi connectivity index (χ2n) is 5.66. The van der Waals surface area contributed by atoms with Gasteiger partial charge in [-0.25, -0.2) is 9.97 Å². The van der Waals surface area contributed by atoms with Crippen molar-refractivity contribution in [1.29, 1.82) is 0 Å². The lowest BCUT2D eigenvalue weighted by atomic mass is 9.90. The van der Waals surface area contributed by atoms with Crippen molar-refractivity contribution in [2.45, 2.75) is 58.5 Å². The zero-order valence-corrected chi connectivity index (χ0v) is 14.8. The predicted octanol–water partition coefficient (Wildman–Crippen LogP) is 4.85. The number of nitrogens with zero attached hydrogens (tertiary/aromatic N) is 2. The minimum absolute atomic E-state index is 0.110. The average Bonchev–Trinajstić information content (AvgIpc) is 2.34. The summed E-state index contributed by atoms with van der Waals surface area (Å²) in [6.45, 7) is 10.5. The fraction of sp³-hybridized carbons (Fsp3) is 0.714. The molecule has 108 valence electrons. The third-order valence-electron chi connectivity index (χ3n) is 3.46. The maximum absolute atomic E-state index is 6.25. The standard InChI is InChI=1S/C14H22BrClN2O/c1-7-14(8-2,19-6)12-17-10(13(3,4)5)9(15)11(16)18-12/h7-8H2,1-6H3. The smallest absolute Gasteiger partial charge is 0.162 e. The maximum atomic E-state index is 6.25. The van der Waals surface area contributed by atoms with E-state index in [9.17, 15) is 0 Å². The summed E-state index contributed by atoms with van der Waals surface area (Å²) in [5, 5.41) is 0.443.